The summed E-state index contributed by atoms with van der Waals surface area (Å²) in [5, 5.41) is 26.8. The van der Waals surface area contributed by atoms with E-state index in [2.05, 4.69) is 62.7 Å². The van der Waals surface area contributed by atoms with Crippen LogP contribution in [0.2, 0.25) is 10.0 Å². The molecule has 0 bridgehead atoms. The summed E-state index contributed by atoms with van der Waals surface area (Å²) < 4.78 is 15.8. The Kier molecular flexibility index (Phi) is 8.44. The highest BCUT2D eigenvalue weighted by atomic mass is 35.5. The molecule has 6 rings (SSSR count). The lowest BCUT2D eigenvalue weighted by atomic mass is 9.98. The molecule has 0 saturated carbocycles. The zero-order chi connectivity index (χ0) is 31.0. The van der Waals surface area contributed by atoms with E-state index in [1.807, 2.05) is 23.1 Å². The highest BCUT2D eigenvalue weighted by Gasteiger charge is 2.29. The smallest absolute Gasteiger partial charge is 0.141 e. The van der Waals surface area contributed by atoms with Gasteiger partial charge in [0.2, 0.25) is 0 Å². The van der Waals surface area contributed by atoms with Gasteiger partial charge in [-0.15, -0.1) is 16.4 Å². The average molecular weight is 651 g/mol. The maximum Gasteiger partial charge on any atom is 0.141 e. The summed E-state index contributed by atoms with van der Waals surface area (Å²) in [4.78, 5) is 12.2. The molecule has 0 aliphatic carbocycles. The van der Waals surface area contributed by atoms with Crippen LogP contribution in [0.4, 0.5) is 21.5 Å². The first-order valence-corrected chi connectivity index (χ1v) is 15.8. The molecule has 1 saturated heterocycles. The number of benzene rings is 2. The minimum Gasteiger partial charge on any atom is -0.372 e. The van der Waals surface area contributed by atoms with Gasteiger partial charge in [0, 0.05) is 47.8 Å². The van der Waals surface area contributed by atoms with Crippen molar-refractivity contribution in [3.05, 3.63) is 86.4 Å². The standard InChI is InChI=1S/C31H30Cl2FN9S/c1-31(2,3)42-8-6-21(7-9-42)43-16-26(40-41-43)30(27-15-36-17-44-27)39-20-10-22-28(38-19-4-5-25(34)23(32)11-19)18(13-35)14-37-29(22)24(33)12-20/h4-5,10-12,14-17,21,30,39H,6-9H2,1-3H3,(H,37,38)/t30-/m1/s1. The third-order valence-corrected chi connectivity index (χ3v) is 9.31. The maximum absolute atomic E-state index is 13.8. The van der Waals surface area contributed by atoms with Crippen molar-refractivity contribution in [2.24, 2.45) is 0 Å². The summed E-state index contributed by atoms with van der Waals surface area (Å²) >= 11 is 14.3. The van der Waals surface area contributed by atoms with Gasteiger partial charge < -0.3 is 10.6 Å². The van der Waals surface area contributed by atoms with E-state index < -0.39 is 5.82 Å². The van der Waals surface area contributed by atoms with Crippen LogP contribution in [0.15, 0.2) is 54.4 Å². The molecule has 1 aliphatic heterocycles. The lowest BCUT2D eigenvalue weighted by Gasteiger charge is -2.40. The van der Waals surface area contributed by atoms with Gasteiger partial charge in [0.15, 0.2) is 0 Å². The highest BCUT2D eigenvalue weighted by molar-refractivity contribution is 7.09. The second kappa shape index (κ2) is 12.3. The van der Waals surface area contributed by atoms with Crippen LogP contribution in [0, 0.1) is 17.1 Å². The Balaban J connectivity index is 1.33. The fourth-order valence-electron chi connectivity index (χ4n) is 5.51. The molecule has 13 heteroatoms. The van der Waals surface area contributed by atoms with Gasteiger partial charge in [0.05, 0.1) is 49.4 Å². The van der Waals surface area contributed by atoms with E-state index in [-0.39, 0.29) is 22.6 Å². The minimum atomic E-state index is -0.534. The largest absolute Gasteiger partial charge is 0.372 e. The number of halogens is 3. The van der Waals surface area contributed by atoms with Gasteiger partial charge in [-0.25, -0.2) is 9.07 Å². The van der Waals surface area contributed by atoms with Crippen LogP contribution in [0.1, 0.15) is 61.8 Å². The van der Waals surface area contributed by atoms with E-state index in [0.29, 0.717) is 38.6 Å². The second-order valence-electron chi connectivity index (χ2n) is 11.8. The van der Waals surface area contributed by atoms with Crippen molar-refractivity contribution in [2.45, 2.75) is 51.2 Å². The first kappa shape index (κ1) is 30.2. The lowest BCUT2D eigenvalue weighted by Crippen LogP contribution is -2.46. The van der Waals surface area contributed by atoms with Crippen molar-refractivity contribution < 1.29 is 4.39 Å². The summed E-state index contributed by atoms with van der Waals surface area (Å²) in [6.45, 7) is 8.77. The summed E-state index contributed by atoms with van der Waals surface area (Å²) in [7, 11) is 0. The first-order chi connectivity index (χ1) is 21.1. The van der Waals surface area contributed by atoms with Crippen molar-refractivity contribution in [1.29, 1.82) is 5.26 Å². The Labute approximate surface area is 268 Å². The molecular formula is C31H30Cl2FN9S. The Bertz CT molecular complexity index is 1840. The van der Waals surface area contributed by atoms with Gasteiger partial charge in [-0.05, 0) is 63.9 Å². The van der Waals surface area contributed by atoms with Crippen LogP contribution in [0.25, 0.3) is 10.9 Å². The normalized spacial score (nSPS) is 15.3. The van der Waals surface area contributed by atoms with Crippen molar-refractivity contribution in [3.63, 3.8) is 0 Å². The van der Waals surface area contributed by atoms with E-state index in [0.717, 1.165) is 36.5 Å². The van der Waals surface area contributed by atoms with Crippen LogP contribution in [0.5, 0.6) is 0 Å². The molecular weight excluding hydrogens is 620 g/mol. The molecule has 4 heterocycles. The summed E-state index contributed by atoms with van der Waals surface area (Å²) in [6, 6.07) is 10.1. The number of likely N-dealkylation sites (tertiary alicyclic amines) is 1. The van der Waals surface area contributed by atoms with Crippen LogP contribution in [0.3, 0.4) is 0 Å². The van der Waals surface area contributed by atoms with Gasteiger partial charge in [-0.3, -0.25) is 14.9 Å². The predicted molar refractivity (Wildman–Crippen MR) is 173 cm³/mol. The molecule has 1 atom stereocenters. The van der Waals surface area contributed by atoms with Gasteiger partial charge in [-0.2, -0.15) is 5.26 Å². The summed E-state index contributed by atoms with van der Waals surface area (Å²) in [5.41, 5.74) is 5.17. The average Bonchev–Trinajstić information content (AvgIpc) is 3.71. The van der Waals surface area contributed by atoms with Crippen LogP contribution in [-0.4, -0.2) is 48.5 Å². The van der Waals surface area contributed by atoms with Crippen molar-refractivity contribution >= 4 is 62.5 Å². The van der Waals surface area contributed by atoms with Crippen LogP contribution >= 0.6 is 34.5 Å². The Morgan fingerprint density at radius 3 is 2.55 bits per heavy atom. The molecule has 2 N–H and O–H groups in total. The Hall–Kier alpha value is -3.82. The lowest BCUT2D eigenvalue weighted by molar-refractivity contribution is 0.0866. The van der Waals surface area contributed by atoms with Crippen molar-refractivity contribution in [1.82, 2.24) is 29.9 Å². The number of thiazole rings is 1. The highest BCUT2D eigenvalue weighted by Crippen LogP contribution is 2.38. The number of nitrogens with zero attached hydrogens (tertiary/aromatic N) is 7. The number of hydrogen-bond acceptors (Lipinski definition) is 9. The topological polar surface area (TPSA) is 108 Å². The number of pyridine rings is 1. The molecule has 3 aromatic heterocycles. The quantitative estimate of drug-likeness (QED) is 0.183. The van der Waals surface area contributed by atoms with Crippen molar-refractivity contribution in [3.8, 4) is 6.07 Å². The fourth-order valence-corrected chi connectivity index (χ4v) is 6.64. The fraction of sp³-hybridized carbons (Fsp3) is 0.323. The first-order valence-electron chi connectivity index (χ1n) is 14.2. The third kappa shape index (κ3) is 6.21. The van der Waals surface area contributed by atoms with Gasteiger partial charge in [-0.1, -0.05) is 28.4 Å². The van der Waals surface area contributed by atoms with Crippen LogP contribution in [-0.2, 0) is 0 Å². The number of fused-ring (bicyclic) bond motifs is 1. The monoisotopic (exact) mass is 649 g/mol. The molecule has 1 aliphatic rings. The number of rotatable bonds is 7. The van der Waals surface area contributed by atoms with Gasteiger partial charge >= 0.3 is 0 Å². The van der Waals surface area contributed by atoms with E-state index >= 15 is 0 Å². The van der Waals surface area contributed by atoms with Gasteiger partial charge in [0.25, 0.3) is 0 Å². The third-order valence-electron chi connectivity index (χ3n) is 7.89. The van der Waals surface area contributed by atoms with E-state index in [1.54, 1.807) is 17.6 Å². The summed E-state index contributed by atoms with van der Waals surface area (Å²) in [5.74, 6) is -0.534. The molecule has 0 unspecified atom stereocenters. The molecule has 226 valence electrons. The predicted octanol–water partition coefficient (Wildman–Crippen LogP) is 7.98. The molecule has 44 heavy (non-hydrogen) atoms. The molecule has 5 aromatic rings. The van der Waals surface area contributed by atoms with E-state index in [4.69, 9.17) is 23.2 Å². The molecule has 0 amide bonds. The maximum atomic E-state index is 13.8. The van der Waals surface area contributed by atoms with Gasteiger partial charge in [0.1, 0.15) is 23.6 Å². The summed E-state index contributed by atoms with van der Waals surface area (Å²) in [6.07, 6.45) is 7.29. The second-order valence-corrected chi connectivity index (χ2v) is 13.5. The molecule has 2 aromatic carbocycles. The molecule has 9 nitrogen and oxygen atoms in total. The SMILES string of the molecule is CC(C)(C)N1CCC(n2cc([C@@H](Nc3cc(Cl)c4ncc(C#N)c(Nc5ccc(F)c(Cl)c5)c4c3)c3cncs3)nn2)CC1. The zero-order valence-electron chi connectivity index (χ0n) is 24.4. The van der Waals surface area contributed by atoms with Crippen molar-refractivity contribution in [2.75, 3.05) is 23.7 Å². The molecule has 1 fully saturated rings. The zero-order valence-corrected chi connectivity index (χ0v) is 26.7. The molecule has 0 radical (unpaired) electrons. The number of piperidine rings is 1. The Morgan fingerprint density at radius 1 is 1.09 bits per heavy atom. The van der Waals surface area contributed by atoms with Crippen LogP contribution < -0.4 is 10.6 Å². The number of nitrogens with one attached hydrogen (secondary N) is 2. The number of hydrogen-bond donors (Lipinski definition) is 2. The van der Waals surface area contributed by atoms with E-state index in [9.17, 15) is 9.65 Å². The number of anilines is 3. The Morgan fingerprint density at radius 2 is 1.86 bits per heavy atom. The minimum absolute atomic E-state index is 0.0348. The number of aromatic nitrogens is 5. The molecule has 0 spiro atoms. The number of nitriles is 1. The van der Waals surface area contributed by atoms with E-state index in [1.165, 1.54) is 29.7 Å².